The van der Waals surface area contributed by atoms with Crippen molar-refractivity contribution in [2.75, 3.05) is 0 Å². The van der Waals surface area contributed by atoms with Crippen molar-refractivity contribution in [3.8, 4) is 6.07 Å². The molecule has 0 aliphatic rings. The summed E-state index contributed by atoms with van der Waals surface area (Å²) < 4.78 is 13.0. The second-order valence-electron chi connectivity index (χ2n) is 3.32. The highest BCUT2D eigenvalue weighted by atomic mass is 19.1. The molecule has 0 aromatic heterocycles. The van der Waals surface area contributed by atoms with Crippen molar-refractivity contribution >= 4 is 0 Å². The second kappa shape index (κ2) is 5.28. The molecule has 78 valence electrons. The minimum Gasteiger partial charge on any atom is -0.324 e. The lowest BCUT2D eigenvalue weighted by atomic mass is 10.0. The van der Waals surface area contributed by atoms with Crippen LogP contribution >= 0.6 is 0 Å². The van der Waals surface area contributed by atoms with Crippen LogP contribution in [0.15, 0.2) is 30.9 Å². The lowest BCUT2D eigenvalue weighted by Crippen LogP contribution is -2.10. The molecule has 1 atom stereocenters. The topological polar surface area (TPSA) is 49.8 Å². The lowest BCUT2D eigenvalue weighted by Gasteiger charge is -2.10. The molecule has 0 heterocycles. The first kappa shape index (κ1) is 11.4. The summed E-state index contributed by atoms with van der Waals surface area (Å²) in [6.45, 7) is 3.61. The summed E-state index contributed by atoms with van der Waals surface area (Å²) in [5.74, 6) is -0.503. The Labute approximate surface area is 88.8 Å². The molecule has 2 N–H and O–H groups in total. The standard InChI is InChI=1S/C12H13FN2/c1-2-3-4-12(15)9-5-6-11(13)10(7-9)8-14/h2,5-7,12H,1,3-4,15H2/t12-/m0/s1. The van der Waals surface area contributed by atoms with E-state index in [1.807, 2.05) is 0 Å². The Morgan fingerprint density at radius 1 is 1.60 bits per heavy atom. The molecule has 1 aromatic rings. The largest absolute Gasteiger partial charge is 0.324 e. The van der Waals surface area contributed by atoms with Gasteiger partial charge < -0.3 is 5.73 Å². The predicted molar refractivity (Wildman–Crippen MR) is 57.5 cm³/mol. The molecule has 0 bridgehead atoms. The highest BCUT2D eigenvalue weighted by Crippen LogP contribution is 2.18. The third-order valence-corrected chi connectivity index (χ3v) is 2.22. The average Bonchev–Trinajstić information content (AvgIpc) is 2.26. The Hall–Kier alpha value is -1.66. The lowest BCUT2D eigenvalue weighted by molar-refractivity contribution is 0.617. The first-order valence-corrected chi connectivity index (χ1v) is 4.75. The van der Waals surface area contributed by atoms with E-state index in [4.69, 9.17) is 11.0 Å². The Balaban J connectivity index is 2.86. The van der Waals surface area contributed by atoms with Crippen molar-refractivity contribution in [1.82, 2.24) is 0 Å². The maximum Gasteiger partial charge on any atom is 0.140 e. The van der Waals surface area contributed by atoms with E-state index in [2.05, 4.69) is 6.58 Å². The average molecular weight is 204 g/mol. The molecule has 3 heteroatoms. The number of nitrogens with zero attached hydrogens (tertiary/aromatic N) is 1. The third kappa shape index (κ3) is 2.90. The predicted octanol–water partition coefficient (Wildman–Crippen LogP) is 2.66. The van der Waals surface area contributed by atoms with E-state index >= 15 is 0 Å². The van der Waals surface area contributed by atoms with Crippen LogP contribution in [0.2, 0.25) is 0 Å². The van der Waals surface area contributed by atoms with Gasteiger partial charge in [0.05, 0.1) is 5.56 Å². The van der Waals surface area contributed by atoms with Gasteiger partial charge >= 0.3 is 0 Å². The van der Waals surface area contributed by atoms with Crippen LogP contribution in [0.5, 0.6) is 0 Å². The summed E-state index contributed by atoms with van der Waals surface area (Å²) in [4.78, 5) is 0. The highest BCUT2D eigenvalue weighted by molar-refractivity contribution is 5.35. The smallest absolute Gasteiger partial charge is 0.140 e. The van der Waals surface area contributed by atoms with Crippen molar-refractivity contribution in [3.63, 3.8) is 0 Å². The van der Waals surface area contributed by atoms with Gasteiger partial charge in [0.15, 0.2) is 0 Å². The molecule has 0 unspecified atom stereocenters. The Morgan fingerprint density at radius 3 is 2.93 bits per heavy atom. The summed E-state index contributed by atoms with van der Waals surface area (Å²) >= 11 is 0. The zero-order valence-electron chi connectivity index (χ0n) is 8.41. The Morgan fingerprint density at radius 2 is 2.33 bits per heavy atom. The molecule has 0 amide bonds. The Bertz CT molecular complexity index is 393. The van der Waals surface area contributed by atoms with Gasteiger partial charge in [-0.05, 0) is 30.5 Å². The fourth-order valence-electron chi connectivity index (χ4n) is 1.32. The van der Waals surface area contributed by atoms with Crippen LogP contribution < -0.4 is 5.73 Å². The Kier molecular flexibility index (Phi) is 4.02. The minimum absolute atomic E-state index is 0.0431. The van der Waals surface area contributed by atoms with Crippen LogP contribution in [0.1, 0.15) is 30.0 Å². The monoisotopic (exact) mass is 204 g/mol. The number of hydrogen-bond donors (Lipinski definition) is 1. The first-order valence-electron chi connectivity index (χ1n) is 4.75. The number of nitriles is 1. The molecule has 0 fully saturated rings. The van der Waals surface area contributed by atoms with Gasteiger partial charge in [-0.3, -0.25) is 0 Å². The first-order chi connectivity index (χ1) is 7.19. The minimum atomic E-state index is -0.503. The molecular weight excluding hydrogens is 191 g/mol. The van der Waals surface area contributed by atoms with Gasteiger partial charge in [-0.1, -0.05) is 12.1 Å². The van der Waals surface area contributed by atoms with E-state index in [1.54, 1.807) is 18.2 Å². The van der Waals surface area contributed by atoms with E-state index in [0.717, 1.165) is 18.4 Å². The van der Waals surface area contributed by atoms with Crippen LogP contribution in [0.3, 0.4) is 0 Å². The van der Waals surface area contributed by atoms with Crippen LogP contribution in [-0.2, 0) is 0 Å². The number of hydrogen-bond acceptors (Lipinski definition) is 2. The summed E-state index contributed by atoms with van der Waals surface area (Å²) in [5.41, 5.74) is 6.71. The number of rotatable bonds is 4. The van der Waals surface area contributed by atoms with Crippen LogP contribution in [0, 0.1) is 17.1 Å². The van der Waals surface area contributed by atoms with Gasteiger partial charge in [-0.15, -0.1) is 6.58 Å². The van der Waals surface area contributed by atoms with E-state index in [9.17, 15) is 4.39 Å². The molecule has 0 radical (unpaired) electrons. The summed E-state index contributed by atoms with van der Waals surface area (Å²) in [7, 11) is 0. The number of allylic oxidation sites excluding steroid dienone is 1. The maximum atomic E-state index is 13.0. The van der Waals surface area contributed by atoms with Gasteiger partial charge in [0.1, 0.15) is 11.9 Å². The quantitative estimate of drug-likeness (QED) is 0.766. The van der Waals surface area contributed by atoms with Gasteiger partial charge in [-0.2, -0.15) is 5.26 Å². The number of nitrogens with two attached hydrogens (primary N) is 1. The molecule has 0 saturated heterocycles. The van der Waals surface area contributed by atoms with E-state index < -0.39 is 5.82 Å². The molecule has 0 saturated carbocycles. The van der Waals surface area contributed by atoms with E-state index in [1.165, 1.54) is 12.1 Å². The van der Waals surface area contributed by atoms with Gasteiger partial charge in [0, 0.05) is 6.04 Å². The SMILES string of the molecule is C=CCC[C@H](N)c1ccc(F)c(C#N)c1. The molecule has 0 aliphatic heterocycles. The maximum absolute atomic E-state index is 13.0. The van der Waals surface area contributed by atoms with Crippen LogP contribution in [0.4, 0.5) is 4.39 Å². The molecule has 0 aliphatic carbocycles. The van der Waals surface area contributed by atoms with Gasteiger partial charge in [-0.25, -0.2) is 4.39 Å². The molecule has 0 spiro atoms. The van der Waals surface area contributed by atoms with Crippen molar-refractivity contribution in [2.45, 2.75) is 18.9 Å². The normalized spacial score (nSPS) is 11.8. The number of halogens is 1. The van der Waals surface area contributed by atoms with Crippen molar-refractivity contribution in [1.29, 1.82) is 5.26 Å². The van der Waals surface area contributed by atoms with Crippen molar-refractivity contribution < 1.29 is 4.39 Å². The molecule has 1 rings (SSSR count). The zero-order chi connectivity index (χ0) is 11.3. The molecular formula is C12H13FN2. The van der Waals surface area contributed by atoms with Crippen LogP contribution in [-0.4, -0.2) is 0 Å². The third-order valence-electron chi connectivity index (χ3n) is 2.22. The van der Waals surface area contributed by atoms with Gasteiger partial charge in [0.25, 0.3) is 0 Å². The summed E-state index contributed by atoms with van der Waals surface area (Å²) in [6, 6.07) is 6.02. The molecule has 15 heavy (non-hydrogen) atoms. The fraction of sp³-hybridized carbons (Fsp3) is 0.250. The van der Waals surface area contributed by atoms with Crippen LogP contribution in [0.25, 0.3) is 0 Å². The van der Waals surface area contributed by atoms with Gasteiger partial charge in [0.2, 0.25) is 0 Å². The van der Waals surface area contributed by atoms with Crippen molar-refractivity contribution in [2.24, 2.45) is 5.73 Å². The second-order valence-corrected chi connectivity index (χ2v) is 3.32. The summed E-state index contributed by atoms with van der Waals surface area (Å²) in [5, 5.41) is 8.65. The van der Waals surface area contributed by atoms with Crippen molar-refractivity contribution in [3.05, 3.63) is 47.8 Å². The molecule has 1 aromatic carbocycles. The molecule has 2 nitrogen and oxygen atoms in total. The summed E-state index contributed by atoms with van der Waals surface area (Å²) in [6.07, 6.45) is 3.34. The van der Waals surface area contributed by atoms with E-state index in [-0.39, 0.29) is 11.6 Å². The highest BCUT2D eigenvalue weighted by Gasteiger charge is 2.08. The number of benzene rings is 1. The fourth-order valence-corrected chi connectivity index (χ4v) is 1.32. The zero-order valence-corrected chi connectivity index (χ0v) is 8.41. The van der Waals surface area contributed by atoms with E-state index in [0.29, 0.717) is 0 Å².